The lowest BCUT2D eigenvalue weighted by atomic mass is 10.1. The number of anilines is 1. The van der Waals surface area contributed by atoms with Crippen molar-refractivity contribution in [3.05, 3.63) is 29.8 Å². The normalized spacial score (nSPS) is 19.2. The number of halogens is 3. The minimum atomic E-state index is -2.86. The second kappa shape index (κ2) is 7.02. The minimum Gasteiger partial charge on any atom is -0.345 e. The van der Waals surface area contributed by atoms with Gasteiger partial charge >= 0.3 is 0 Å². The molecule has 0 bridgehead atoms. The van der Waals surface area contributed by atoms with Gasteiger partial charge in [0.1, 0.15) is 0 Å². The van der Waals surface area contributed by atoms with Crippen molar-refractivity contribution in [1.29, 1.82) is 0 Å². The van der Waals surface area contributed by atoms with Crippen molar-refractivity contribution in [3.8, 4) is 0 Å². The number of hydrogen-bond acceptors (Lipinski definition) is 3. The summed E-state index contributed by atoms with van der Waals surface area (Å²) in [7, 11) is 3.25. The van der Waals surface area contributed by atoms with E-state index in [9.17, 15) is 18.4 Å². The van der Waals surface area contributed by atoms with Crippen molar-refractivity contribution in [2.45, 2.75) is 18.4 Å². The zero-order valence-electron chi connectivity index (χ0n) is 12.2. The third kappa shape index (κ3) is 4.38. The molecule has 1 aromatic rings. The van der Waals surface area contributed by atoms with Gasteiger partial charge in [0.2, 0.25) is 5.91 Å². The molecule has 2 amide bonds. The van der Waals surface area contributed by atoms with E-state index < -0.39 is 30.8 Å². The van der Waals surface area contributed by atoms with E-state index in [-0.39, 0.29) is 18.3 Å². The second-order valence-electron chi connectivity index (χ2n) is 5.26. The summed E-state index contributed by atoms with van der Waals surface area (Å²) >= 11 is 0. The molecule has 0 aliphatic carbocycles. The maximum absolute atomic E-state index is 13.1. The fraction of sp³-hybridized carbons (Fsp3) is 0.429. The SMILES string of the molecule is CN(C)C(=O)c1cccc(NC(=O)C2CC(F)(F)CN2)c1.Cl. The Morgan fingerprint density at radius 3 is 2.59 bits per heavy atom. The molecule has 1 atom stereocenters. The Bertz CT molecular complexity index is 567. The number of carbonyl (C=O) groups excluding carboxylic acids is 2. The van der Waals surface area contributed by atoms with Crippen LogP contribution < -0.4 is 10.6 Å². The molecular weight excluding hydrogens is 316 g/mol. The number of hydrogen-bond donors (Lipinski definition) is 2. The van der Waals surface area contributed by atoms with Crippen LogP contribution in [0.5, 0.6) is 0 Å². The highest BCUT2D eigenvalue weighted by molar-refractivity contribution is 5.98. The maximum Gasteiger partial charge on any atom is 0.262 e. The Morgan fingerprint density at radius 2 is 2.05 bits per heavy atom. The molecule has 0 aromatic heterocycles. The fourth-order valence-electron chi connectivity index (χ4n) is 2.12. The molecule has 2 rings (SSSR count). The number of benzene rings is 1. The van der Waals surface area contributed by atoms with Gasteiger partial charge in [0.15, 0.2) is 0 Å². The number of carbonyl (C=O) groups is 2. The van der Waals surface area contributed by atoms with Crippen LogP contribution in [-0.4, -0.2) is 49.3 Å². The van der Waals surface area contributed by atoms with E-state index in [0.29, 0.717) is 11.3 Å². The molecule has 122 valence electrons. The van der Waals surface area contributed by atoms with Crippen molar-refractivity contribution in [2.24, 2.45) is 0 Å². The lowest BCUT2D eigenvalue weighted by molar-refractivity contribution is -0.118. The Labute approximate surface area is 133 Å². The highest BCUT2D eigenvalue weighted by Gasteiger charge is 2.42. The molecule has 1 aromatic carbocycles. The molecular formula is C14H18ClF2N3O2. The zero-order chi connectivity index (χ0) is 15.6. The first-order valence-corrected chi connectivity index (χ1v) is 6.52. The summed E-state index contributed by atoms with van der Waals surface area (Å²) in [5, 5.41) is 5.04. The summed E-state index contributed by atoms with van der Waals surface area (Å²) in [6.45, 7) is -0.496. The molecule has 1 aliphatic heterocycles. The van der Waals surface area contributed by atoms with E-state index in [4.69, 9.17) is 0 Å². The highest BCUT2D eigenvalue weighted by Crippen LogP contribution is 2.25. The van der Waals surface area contributed by atoms with E-state index in [1.54, 1.807) is 32.3 Å². The maximum atomic E-state index is 13.1. The third-order valence-corrected chi connectivity index (χ3v) is 3.21. The monoisotopic (exact) mass is 333 g/mol. The standard InChI is InChI=1S/C14H17F2N3O2.ClH/c1-19(2)13(21)9-4-3-5-10(6-9)18-12(20)11-7-14(15,16)8-17-11;/h3-6,11,17H,7-8H2,1-2H3,(H,18,20);1H. The molecule has 1 fully saturated rings. The van der Waals surface area contributed by atoms with Crippen LogP contribution in [0.4, 0.5) is 14.5 Å². The molecule has 0 radical (unpaired) electrons. The van der Waals surface area contributed by atoms with Crippen LogP contribution in [0, 0.1) is 0 Å². The Balaban J connectivity index is 0.00000242. The Hall–Kier alpha value is -1.73. The Kier molecular flexibility index (Phi) is 5.85. The van der Waals surface area contributed by atoms with Crippen LogP contribution in [0.3, 0.4) is 0 Å². The van der Waals surface area contributed by atoms with Gasteiger partial charge in [-0.3, -0.25) is 14.9 Å². The predicted octanol–water partition coefficient (Wildman–Crippen LogP) is 1.75. The summed E-state index contributed by atoms with van der Waals surface area (Å²) in [4.78, 5) is 25.2. The summed E-state index contributed by atoms with van der Waals surface area (Å²) < 4.78 is 26.1. The van der Waals surface area contributed by atoms with Gasteiger partial charge in [-0.15, -0.1) is 12.4 Å². The van der Waals surface area contributed by atoms with Gasteiger partial charge in [-0.1, -0.05) is 6.07 Å². The van der Waals surface area contributed by atoms with Crippen LogP contribution in [0.15, 0.2) is 24.3 Å². The van der Waals surface area contributed by atoms with Gasteiger partial charge in [-0.25, -0.2) is 8.78 Å². The molecule has 1 saturated heterocycles. The Morgan fingerprint density at radius 1 is 1.36 bits per heavy atom. The number of nitrogens with one attached hydrogen (secondary N) is 2. The number of nitrogens with zero attached hydrogens (tertiary/aromatic N) is 1. The quantitative estimate of drug-likeness (QED) is 0.886. The first-order valence-electron chi connectivity index (χ1n) is 6.52. The molecule has 5 nitrogen and oxygen atoms in total. The molecule has 0 saturated carbocycles. The van der Waals surface area contributed by atoms with Crippen LogP contribution in [0.25, 0.3) is 0 Å². The number of amides is 2. The van der Waals surface area contributed by atoms with Crippen LogP contribution in [0.1, 0.15) is 16.8 Å². The fourth-order valence-corrected chi connectivity index (χ4v) is 2.12. The van der Waals surface area contributed by atoms with Crippen LogP contribution in [0.2, 0.25) is 0 Å². The summed E-state index contributed by atoms with van der Waals surface area (Å²) in [5.41, 5.74) is 0.826. The summed E-state index contributed by atoms with van der Waals surface area (Å²) in [6, 6.07) is 5.46. The van der Waals surface area contributed by atoms with E-state index in [1.165, 1.54) is 11.0 Å². The van der Waals surface area contributed by atoms with Gasteiger partial charge in [0, 0.05) is 31.8 Å². The van der Waals surface area contributed by atoms with Gasteiger partial charge in [-0.05, 0) is 18.2 Å². The van der Waals surface area contributed by atoms with E-state index in [0.717, 1.165) is 0 Å². The minimum absolute atomic E-state index is 0. The smallest absolute Gasteiger partial charge is 0.262 e. The van der Waals surface area contributed by atoms with Crippen LogP contribution in [-0.2, 0) is 4.79 Å². The average molecular weight is 334 g/mol. The van der Waals surface area contributed by atoms with E-state index >= 15 is 0 Å². The molecule has 2 N–H and O–H groups in total. The van der Waals surface area contributed by atoms with Crippen molar-refractivity contribution >= 4 is 29.9 Å². The molecule has 0 spiro atoms. The van der Waals surface area contributed by atoms with Gasteiger partial charge < -0.3 is 10.2 Å². The van der Waals surface area contributed by atoms with E-state index in [2.05, 4.69) is 10.6 Å². The third-order valence-electron chi connectivity index (χ3n) is 3.21. The van der Waals surface area contributed by atoms with Crippen molar-refractivity contribution < 1.29 is 18.4 Å². The molecule has 1 aliphatic rings. The summed E-state index contributed by atoms with van der Waals surface area (Å²) in [6.07, 6.45) is -0.519. The first kappa shape index (κ1) is 18.3. The van der Waals surface area contributed by atoms with Gasteiger partial charge in [-0.2, -0.15) is 0 Å². The number of alkyl halides is 2. The molecule has 8 heteroatoms. The average Bonchev–Trinajstić information content (AvgIpc) is 2.78. The van der Waals surface area contributed by atoms with Gasteiger partial charge in [0.05, 0.1) is 12.6 Å². The molecule has 1 unspecified atom stereocenters. The zero-order valence-corrected chi connectivity index (χ0v) is 13.0. The predicted molar refractivity (Wildman–Crippen MR) is 81.7 cm³/mol. The largest absolute Gasteiger partial charge is 0.345 e. The lowest BCUT2D eigenvalue weighted by Crippen LogP contribution is -2.35. The first-order chi connectivity index (χ1) is 9.78. The highest BCUT2D eigenvalue weighted by atomic mass is 35.5. The van der Waals surface area contributed by atoms with Crippen molar-refractivity contribution in [2.75, 3.05) is 26.0 Å². The topological polar surface area (TPSA) is 61.4 Å². The van der Waals surface area contributed by atoms with Crippen molar-refractivity contribution in [3.63, 3.8) is 0 Å². The lowest BCUT2D eigenvalue weighted by Gasteiger charge is -2.13. The number of rotatable bonds is 3. The summed E-state index contributed by atoms with van der Waals surface area (Å²) in [5.74, 6) is -3.58. The second-order valence-corrected chi connectivity index (χ2v) is 5.26. The van der Waals surface area contributed by atoms with Gasteiger partial charge in [0.25, 0.3) is 11.8 Å². The molecule has 1 heterocycles. The van der Waals surface area contributed by atoms with E-state index in [1.807, 2.05) is 0 Å². The van der Waals surface area contributed by atoms with Crippen molar-refractivity contribution in [1.82, 2.24) is 10.2 Å². The van der Waals surface area contributed by atoms with Crippen LogP contribution >= 0.6 is 12.4 Å². The molecule has 22 heavy (non-hydrogen) atoms.